The average molecular weight is 373 g/mol. The van der Waals surface area contributed by atoms with Crippen LogP contribution in [0.25, 0.3) is 11.0 Å². The lowest BCUT2D eigenvalue weighted by Crippen LogP contribution is -2.32. The number of carbonyl (C=O) groups is 2. The Balaban J connectivity index is 2.03. The molecule has 6 heteroatoms. The molecule has 0 unspecified atom stereocenters. The van der Waals surface area contributed by atoms with Crippen LogP contribution in [0.15, 0.2) is 18.2 Å². The molecule has 0 aliphatic rings. The fourth-order valence-corrected chi connectivity index (χ4v) is 3.24. The minimum atomic E-state index is 0.0182. The number of aryl methyl sites for hydroxylation is 1. The number of anilines is 1. The van der Waals surface area contributed by atoms with Crippen molar-refractivity contribution in [3.05, 3.63) is 24.0 Å². The summed E-state index contributed by atoms with van der Waals surface area (Å²) in [6.07, 6.45) is 2.90. The molecule has 0 saturated carbocycles. The van der Waals surface area contributed by atoms with Gasteiger partial charge in [-0.1, -0.05) is 27.7 Å². The molecule has 27 heavy (non-hydrogen) atoms. The maximum atomic E-state index is 12.1. The molecule has 0 bridgehead atoms. The molecule has 2 aromatic rings. The second-order valence-corrected chi connectivity index (χ2v) is 7.49. The van der Waals surface area contributed by atoms with Gasteiger partial charge in [0.1, 0.15) is 5.82 Å². The smallest absolute Gasteiger partial charge is 0.224 e. The van der Waals surface area contributed by atoms with Crippen molar-refractivity contribution in [1.29, 1.82) is 0 Å². The molecular formula is C21H32N4O2. The van der Waals surface area contributed by atoms with Crippen LogP contribution in [0.2, 0.25) is 0 Å². The predicted octanol–water partition coefficient (Wildman–Crippen LogP) is 3.65. The summed E-state index contributed by atoms with van der Waals surface area (Å²) in [4.78, 5) is 28.7. The van der Waals surface area contributed by atoms with Crippen molar-refractivity contribution in [1.82, 2.24) is 14.9 Å². The number of hydrogen-bond donors (Lipinski definition) is 2. The minimum Gasteiger partial charge on any atom is -0.355 e. The zero-order valence-electron chi connectivity index (χ0n) is 17.1. The van der Waals surface area contributed by atoms with Crippen molar-refractivity contribution in [3.63, 3.8) is 0 Å². The van der Waals surface area contributed by atoms with Crippen LogP contribution < -0.4 is 10.6 Å². The number of benzene rings is 1. The van der Waals surface area contributed by atoms with E-state index in [1.165, 1.54) is 0 Å². The van der Waals surface area contributed by atoms with Gasteiger partial charge in [-0.3, -0.25) is 9.59 Å². The number of hydrogen-bond acceptors (Lipinski definition) is 3. The van der Waals surface area contributed by atoms with Crippen molar-refractivity contribution in [2.45, 2.75) is 53.4 Å². The van der Waals surface area contributed by atoms with Crippen molar-refractivity contribution >= 4 is 28.5 Å². The maximum absolute atomic E-state index is 12.1. The summed E-state index contributed by atoms with van der Waals surface area (Å²) in [5, 5.41) is 5.94. The van der Waals surface area contributed by atoms with E-state index >= 15 is 0 Å². The fourth-order valence-electron chi connectivity index (χ4n) is 3.24. The van der Waals surface area contributed by atoms with Gasteiger partial charge in [-0.15, -0.1) is 0 Å². The van der Waals surface area contributed by atoms with Crippen LogP contribution >= 0.6 is 0 Å². The molecule has 1 heterocycles. The monoisotopic (exact) mass is 372 g/mol. The van der Waals surface area contributed by atoms with Gasteiger partial charge in [0.25, 0.3) is 0 Å². The standard InChI is InChI=1S/C21H32N4O2/c1-6-15(7-2)21(27)22-11-10-19-24-17-13-16(8-9-18(17)25(19)5)23-20(26)12-14(3)4/h8-9,13-15H,6-7,10-12H2,1-5H3,(H,22,27)(H,23,26). The molecule has 0 radical (unpaired) electrons. The van der Waals surface area contributed by atoms with Crippen LogP contribution in [0, 0.1) is 11.8 Å². The number of aromatic nitrogens is 2. The van der Waals surface area contributed by atoms with E-state index in [1.54, 1.807) is 0 Å². The Kier molecular flexibility index (Phi) is 7.39. The van der Waals surface area contributed by atoms with Gasteiger partial charge in [0.05, 0.1) is 11.0 Å². The Morgan fingerprint density at radius 1 is 1.19 bits per heavy atom. The first-order valence-corrected chi connectivity index (χ1v) is 9.88. The zero-order valence-corrected chi connectivity index (χ0v) is 17.1. The number of rotatable bonds is 9. The summed E-state index contributed by atoms with van der Waals surface area (Å²) in [5.74, 6) is 1.46. The summed E-state index contributed by atoms with van der Waals surface area (Å²) in [6.45, 7) is 8.70. The molecule has 6 nitrogen and oxygen atoms in total. The molecule has 0 saturated heterocycles. The molecule has 0 aliphatic carbocycles. The predicted molar refractivity (Wildman–Crippen MR) is 110 cm³/mol. The summed E-state index contributed by atoms with van der Waals surface area (Å²) in [6, 6.07) is 5.78. The Bertz CT molecular complexity index is 791. The number of carbonyl (C=O) groups excluding carboxylic acids is 2. The first kappa shape index (κ1) is 20.9. The van der Waals surface area contributed by atoms with Gasteiger partial charge in [-0.2, -0.15) is 0 Å². The van der Waals surface area contributed by atoms with Crippen LogP contribution in [0.1, 0.15) is 52.8 Å². The first-order chi connectivity index (χ1) is 12.8. The van der Waals surface area contributed by atoms with Crippen molar-refractivity contribution in [2.75, 3.05) is 11.9 Å². The van der Waals surface area contributed by atoms with Gasteiger partial charge in [0.2, 0.25) is 11.8 Å². The van der Waals surface area contributed by atoms with Crippen LogP contribution in [-0.4, -0.2) is 27.9 Å². The van der Waals surface area contributed by atoms with E-state index in [2.05, 4.69) is 15.6 Å². The molecule has 0 spiro atoms. The summed E-state index contributed by atoms with van der Waals surface area (Å²) >= 11 is 0. The number of nitrogens with zero attached hydrogens (tertiary/aromatic N) is 2. The zero-order chi connectivity index (χ0) is 20.0. The van der Waals surface area contributed by atoms with E-state index < -0.39 is 0 Å². The minimum absolute atomic E-state index is 0.0182. The van der Waals surface area contributed by atoms with Crippen molar-refractivity contribution in [2.24, 2.45) is 18.9 Å². The second kappa shape index (κ2) is 9.53. The van der Waals surface area contributed by atoms with Crippen LogP contribution in [-0.2, 0) is 23.1 Å². The van der Waals surface area contributed by atoms with Gasteiger partial charge in [-0.05, 0) is 37.0 Å². The Hall–Kier alpha value is -2.37. The molecule has 0 fully saturated rings. The number of amides is 2. The van der Waals surface area contributed by atoms with Crippen molar-refractivity contribution < 1.29 is 9.59 Å². The van der Waals surface area contributed by atoms with Crippen molar-refractivity contribution in [3.8, 4) is 0 Å². The Labute approximate surface area is 161 Å². The number of fused-ring (bicyclic) bond motifs is 1. The van der Waals surface area contributed by atoms with Gasteiger partial charge < -0.3 is 15.2 Å². The fraction of sp³-hybridized carbons (Fsp3) is 0.571. The molecule has 2 N–H and O–H groups in total. The van der Waals surface area contributed by atoms with Gasteiger partial charge in [0, 0.05) is 38.0 Å². The van der Waals surface area contributed by atoms with Crippen LogP contribution in [0.4, 0.5) is 5.69 Å². The van der Waals surface area contributed by atoms with E-state index in [1.807, 2.05) is 57.5 Å². The molecule has 1 aromatic heterocycles. The number of nitrogens with one attached hydrogen (secondary N) is 2. The quantitative estimate of drug-likeness (QED) is 0.705. The third kappa shape index (κ3) is 5.55. The summed E-state index contributed by atoms with van der Waals surface area (Å²) in [5.41, 5.74) is 2.62. The third-order valence-electron chi connectivity index (χ3n) is 4.86. The van der Waals surface area contributed by atoms with Gasteiger partial charge in [0.15, 0.2) is 0 Å². The average Bonchev–Trinajstić information content (AvgIpc) is 2.90. The highest BCUT2D eigenvalue weighted by Gasteiger charge is 2.14. The SMILES string of the molecule is CCC(CC)C(=O)NCCc1nc2cc(NC(=O)CC(C)C)ccc2n1C. The highest BCUT2D eigenvalue weighted by molar-refractivity contribution is 5.93. The van der Waals surface area contributed by atoms with Gasteiger partial charge in [-0.25, -0.2) is 4.98 Å². The lowest BCUT2D eigenvalue weighted by atomic mass is 10.0. The summed E-state index contributed by atoms with van der Waals surface area (Å²) in [7, 11) is 1.98. The van der Waals surface area contributed by atoms with E-state index in [4.69, 9.17) is 0 Å². The molecule has 1 aromatic carbocycles. The molecule has 0 aliphatic heterocycles. The summed E-state index contributed by atoms with van der Waals surface area (Å²) < 4.78 is 2.04. The molecular weight excluding hydrogens is 340 g/mol. The van der Waals surface area contributed by atoms with E-state index in [0.717, 1.165) is 35.4 Å². The van der Waals surface area contributed by atoms with Crippen LogP contribution in [0.3, 0.4) is 0 Å². The van der Waals surface area contributed by atoms with E-state index in [0.29, 0.717) is 25.3 Å². The largest absolute Gasteiger partial charge is 0.355 e. The Morgan fingerprint density at radius 3 is 2.52 bits per heavy atom. The first-order valence-electron chi connectivity index (χ1n) is 9.88. The van der Waals surface area contributed by atoms with Gasteiger partial charge >= 0.3 is 0 Å². The second-order valence-electron chi connectivity index (χ2n) is 7.49. The molecule has 2 rings (SSSR count). The lowest BCUT2D eigenvalue weighted by molar-refractivity contribution is -0.125. The Morgan fingerprint density at radius 2 is 1.89 bits per heavy atom. The normalized spacial score (nSPS) is 11.4. The highest BCUT2D eigenvalue weighted by atomic mass is 16.2. The molecule has 148 valence electrons. The lowest BCUT2D eigenvalue weighted by Gasteiger charge is -2.12. The highest BCUT2D eigenvalue weighted by Crippen LogP contribution is 2.20. The molecule has 0 atom stereocenters. The topological polar surface area (TPSA) is 76.0 Å². The van der Waals surface area contributed by atoms with E-state index in [9.17, 15) is 9.59 Å². The van der Waals surface area contributed by atoms with Crippen LogP contribution in [0.5, 0.6) is 0 Å². The van der Waals surface area contributed by atoms with E-state index in [-0.39, 0.29) is 17.7 Å². The maximum Gasteiger partial charge on any atom is 0.224 e. The molecule has 2 amide bonds. The number of imidazole rings is 1. The third-order valence-corrected chi connectivity index (χ3v) is 4.86.